The van der Waals surface area contributed by atoms with E-state index in [0.717, 1.165) is 24.4 Å². The van der Waals surface area contributed by atoms with Crippen LogP contribution in [0.25, 0.3) is 0 Å². The lowest BCUT2D eigenvalue weighted by atomic mass is 9.81. The van der Waals surface area contributed by atoms with Gasteiger partial charge in [-0.1, -0.05) is 27.7 Å². The second kappa shape index (κ2) is 7.49. The molecule has 0 saturated heterocycles. The van der Waals surface area contributed by atoms with Crippen molar-refractivity contribution in [2.24, 2.45) is 11.8 Å². The number of hydrogen-bond acceptors (Lipinski definition) is 2. The molecule has 1 fully saturated rings. The molecular formula is C16H34N2. The van der Waals surface area contributed by atoms with Gasteiger partial charge in [0, 0.05) is 24.7 Å². The van der Waals surface area contributed by atoms with E-state index in [1.807, 2.05) is 0 Å². The largest absolute Gasteiger partial charge is 0.313 e. The molecular weight excluding hydrogens is 220 g/mol. The minimum atomic E-state index is 0.656. The zero-order chi connectivity index (χ0) is 13.7. The van der Waals surface area contributed by atoms with E-state index in [0.29, 0.717) is 12.1 Å². The smallest absolute Gasteiger partial charge is 0.0254 e. The van der Waals surface area contributed by atoms with Crippen LogP contribution < -0.4 is 5.32 Å². The Hall–Kier alpha value is -0.0800. The first-order valence-electron chi connectivity index (χ1n) is 7.94. The average Bonchev–Trinajstić information content (AvgIpc) is 2.28. The first-order valence-corrected chi connectivity index (χ1v) is 7.94. The Balaban J connectivity index is 2.75. The lowest BCUT2D eigenvalue weighted by molar-refractivity contribution is 0.0649. The molecule has 0 aliphatic heterocycles. The number of likely N-dealkylation sites (N-methyl/N-ethyl adjacent to an activating group) is 1. The molecule has 3 unspecified atom stereocenters. The maximum Gasteiger partial charge on any atom is 0.0254 e. The zero-order valence-electron chi connectivity index (χ0n) is 13.4. The van der Waals surface area contributed by atoms with Crippen LogP contribution in [0.1, 0.15) is 60.8 Å². The van der Waals surface area contributed by atoms with Gasteiger partial charge in [-0.15, -0.1) is 0 Å². The summed E-state index contributed by atoms with van der Waals surface area (Å²) < 4.78 is 0. The van der Waals surface area contributed by atoms with E-state index in [4.69, 9.17) is 0 Å². The highest BCUT2D eigenvalue weighted by molar-refractivity contribution is 4.91. The van der Waals surface area contributed by atoms with E-state index in [9.17, 15) is 0 Å². The SMILES string of the molecule is CCNC1CCC(C)CC1N(CC(C)C)C(C)C. The molecule has 0 bridgehead atoms. The van der Waals surface area contributed by atoms with Gasteiger partial charge in [-0.2, -0.15) is 0 Å². The summed E-state index contributed by atoms with van der Waals surface area (Å²) in [5.74, 6) is 1.64. The molecule has 2 nitrogen and oxygen atoms in total. The van der Waals surface area contributed by atoms with Gasteiger partial charge in [0.05, 0.1) is 0 Å². The summed E-state index contributed by atoms with van der Waals surface area (Å²) in [7, 11) is 0. The van der Waals surface area contributed by atoms with E-state index in [-0.39, 0.29) is 0 Å². The Morgan fingerprint density at radius 1 is 1.17 bits per heavy atom. The van der Waals surface area contributed by atoms with Gasteiger partial charge in [-0.05, 0) is 51.5 Å². The summed E-state index contributed by atoms with van der Waals surface area (Å²) in [6, 6.07) is 2.09. The monoisotopic (exact) mass is 254 g/mol. The van der Waals surface area contributed by atoms with Crippen molar-refractivity contribution < 1.29 is 0 Å². The van der Waals surface area contributed by atoms with Crippen molar-refractivity contribution in [2.45, 2.75) is 78.9 Å². The van der Waals surface area contributed by atoms with Gasteiger partial charge in [0.15, 0.2) is 0 Å². The first-order chi connectivity index (χ1) is 8.45. The van der Waals surface area contributed by atoms with Crippen molar-refractivity contribution in [3.05, 3.63) is 0 Å². The third-order valence-corrected chi connectivity index (χ3v) is 4.21. The summed E-state index contributed by atoms with van der Waals surface area (Å²) in [5.41, 5.74) is 0. The standard InChI is InChI=1S/C16H34N2/c1-7-17-15-9-8-14(6)10-16(15)18(13(4)5)11-12(2)3/h12-17H,7-11H2,1-6H3. The summed E-state index contributed by atoms with van der Waals surface area (Å²) in [5, 5.41) is 3.72. The molecule has 0 radical (unpaired) electrons. The van der Waals surface area contributed by atoms with Crippen molar-refractivity contribution in [1.29, 1.82) is 0 Å². The normalized spacial score (nSPS) is 29.5. The molecule has 3 atom stereocenters. The number of nitrogens with one attached hydrogen (secondary N) is 1. The van der Waals surface area contributed by atoms with Crippen LogP contribution in [0, 0.1) is 11.8 Å². The maximum atomic E-state index is 3.72. The highest BCUT2D eigenvalue weighted by Gasteiger charge is 2.33. The molecule has 0 amide bonds. The average molecular weight is 254 g/mol. The highest BCUT2D eigenvalue weighted by Crippen LogP contribution is 2.29. The summed E-state index contributed by atoms with van der Waals surface area (Å²) >= 11 is 0. The number of rotatable bonds is 6. The van der Waals surface area contributed by atoms with Crippen LogP contribution in [-0.2, 0) is 0 Å². The van der Waals surface area contributed by atoms with Gasteiger partial charge in [-0.3, -0.25) is 4.90 Å². The van der Waals surface area contributed by atoms with Gasteiger partial charge < -0.3 is 5.32 Å². The molecule has 0 spiro atoms. The Morgan fingerprint density at radius 3 is 2.33 bits per heavy atom. The second-order valence-electron chi connectivity index (χ2n) is 6.83. The van der Waals surface area contributed by atoms with Crippen molar-refractivity contribution in [3.63, 3.8) is 0 Å². The molecule has 0 aromatic rings. The maximum absolute atomic E-state index is 3.72. The Kier molecular flexibility index (Phi) is 6.65. The fraction of sp³-hybridized carbons (Fsp3) is 1.00. The molecule has 1 saturated carbocycles. The van der Waals surface area contributed by atoms with Crippen LogP contribution >= 0.6 is 0 Å². The second-order valence-corrected chi connectivity index (χ2v) is 6.83. The van der Waals surface area contributed by atoms with E-state index in [2.05, 4.69) is 51.8 Å². The van der Waals surface area contributed by atoms with Crippen molar-refractivity contribution >= 4 is 0 Å². The molecule has 1 aliphatic rings. The molecule has 0 heterocycles. The lowest BCUT2D eigenvalue weighted by Crippen LogP contribution is -2.55. The highest BCUT2D eigenvalue weighted by atomic mass is 15.2. The molecule has 18 heavy (non-hydrogen) atoms. The first kappa shape index (κ1) is 16.0. The third kappa shape index (κ3) is 4.55. The van der Waals surface area contributed by atoms with Crippen molar-refractivity contribution in [2.75, 3.05) is 13.1 Å². The van der Waals surface area contributed by atoms with Crippen LogP contribution in [-0.4, -0.2) is 36.1 Å². The van der Waals surface area contributed by atoms with Gasteiger partial charge >= 0.3 is 0 Å². The van der Waals surface area contributed by atoms with E-state index in [1.54, 1.807) is 0 Å². The summed E-state index contributed by atoms with van der Waals surface area (Å²) in [6.45, 7) is 16.4. The fourth-order valence-electron chi connectivity index (χ4n) is 3.37. The van der Waals surface area contributed by atoms with Crippen LogP contribution in [0.5, 0.6) is 0 Å². The quantitative estimate of drug-likeness (QED) is 0.780. The Bertz CT molecular complexity index is 225. The van der Waals surface area contributed by atoms with Crippen LogP contribution in [0.3, 0.4) is 0 Å². The third-order valence-electron chi connectivity index (χ3n) is 4.21. The van der Waals surface area contributed by atoms with E-state index in [1.165, 1.54) is 25.8 Å². The number of hydrogen-bond donors (Lipinski definition) is 1. The zero-order valence-corrected chi connectivity index (χ0v) is 13.4. The number of nitrogens with zero attached hydrogens (tertiary/aromatic N) is 1. The topological polar surface area (TPSA) is 15.3 Å². The molecule has 108 valence electrons. The minimum Gasteiger partial charge on any atom is -0.313 e. The molecule has 1 rings (SSSR count). The summed E-state index contributed by atoms with van der Waals surface area (Å²) in [4.78, 5) is 2.74. The van der Waals surface area contributed by atoms with Gasteiger partial charge in [0.2, 0.25) is 0 Å². The lowest BCUT2D eigenvalue weighted by Gasteiger charge is -2.45. The molecule has 1 N–H and O–H groups in total. The Labute approximate surface area is 115 Å². The van der Waals surface area contributed by atoms with Gasteiger partial charge in [0.25, 0.3) is 0 Å². The van der Waals surface area contributed by atoms with E-state index < -0.39 is 0 Å². The van der Waals surface area contributed by atoms with Crippen molar-refractivity contribution in [3.8, 4) is 0 Å². The molecule has 1 aliphatic carbocycles. The fourth-order valence-corrected chi connectivity index (χ4v) is 3.37. The predicted octanol–water partition coefficient (Wildman–Crippen LogP) is 3.52. The van der Waals surface area contributed by atoms with Crippen LogP contribution in [0.2, 0.25) is 0 Å². The van der Waals surface area contributed by atoms with Crippen LogP contribution in [0.15, 0.2) is 0 Å². The molecule has 0 aromatic heterocycles. The molecule has 2 heteroatoms. The Morgan fingerprint density at radius 2 is 1.83 bits per heavy atom. The molecule has 0 aromatic carbocycles. The van der Waals surface area contributed by atoms with Crippen molar-refractivity contribution in [1.82, 2.24) is 10.2 Å². The van der Waals surface area contributed by atoms with Crippen LogP contribution in [0.4, 0.5) is 0 Å². The summed E-state index contributed by atoms with van der Waals surface area (Å²) in [6.07, 6.45) is 4.10. The van der Waals surface area contributed by atoms with Gasteiger partial charge in [-0.25, -0.2) is 0 Å². The predicted molar refractivity (Wildman–Crippen MR) is 80.9 cm³/mol. The van der Waals surface area contributed by atoms with E-state index >= 15 is 0 Å². The van der Waals surface area contributed by atoms with Gasteiger partial charge in [0.1, 0.15) is 0 Å². The minimum absolute atomic E-state index is 0.656.